The van der Waals surface area contributed by atoms with E-state index in [1.54, 1.807) is 0 Å². The topological polar surface area (TPSA) is 140 Å². The number of primary amides is 2. The van der Waals surface area contributed by atoms with Crippen LogP contribution in [0, 0.1) is 0 Å². The summed E-state index contributed by atoms with van der Waals surface area (Å²) in [5.41, 5.74) is 9.84. The molecule has 0 spiro atoms. The van der Waals surface area contributed by atoms with Crippen LogP contribution in [0.2, 0.25) is 5.15 Å². The standard InChI is InChI=1S/C10H11ClN4O4/c11-6-2-1-5(10(18)19)9(14-6)15(3-7(12)16)4-8(13)17/h1-2H,3-4H2,(H2,12,16)(H2,13,17)(H,18,19). The van der Waals surface area contributed by atoms with Crippen LogP contribution in [0.25, 0.3) is 0 Å². The predicted molar refractivity (Wildman–Crippen MR) is 66.8 cm³/mol. The van der Waals surface area contributed by atoms with E-state index in [4.69, 9.17) is 28.2 Å². The van der Waals surface area contributed by atoms with Gasteiger partial charge in [0.2, 0.25) is 11.8 Å². The summed E-state index contributed by atoms with van der Waals surface area (Å²) in [7, 11) is 0. The number of anilines is 1. The molecule has 102 valence electrons. The number of halogens is 1. The zero-order chi connectivity index (χ0) is 14.6. The molecule has 0 unspecified atom stereocenters. The summed E-state index contributed by atoms with van der Waals surface area (Å²) in [6.07, 6.45) is 0. The molecule has 0 aliphatic heterocycles. The van der Waals surface area contributed by atoms with Gasteiger partial charge in [-0.3, -0.25) is 9.59 Å². The van der Waals surface area contributed by atoms with Crippen molar-refractivity contribution in [2.45, 2.75) is 0 Å². The Labute approximate surface area is 112 Å². The van der Waals surface area contributed by atoms with E-state index in [1.807, 2.05) is 0 Å². The number of pyridine rings is 1. The first-order valence-corrected chi connectivity index (χ1v) is 5.40. The van der Waals surface area contributed by atoms with Gasteiger partial charge in [-0.25, -0.2) is 9.78 Å². The third-order valence-corrected chi connectivity index (χ3v) is 2.27. The normalized spacial score (nSPS) is 9.95. The van der Waals surface area contributed by atoms with Gasteiger partial charge in [-0.15, -0.1) is 0 Å². The van der Waals surface area contributed by atoms with E-state index in [-0.39, 0.29) is 16.5 Å². The van der Waals surface area contributed by atoms with Crippen LogP contribution in [-0.2, 0) is 9.59 Å². The van der Waals surface area contributed by atoms with Crippen molar-refractivity contribution >= 4 is 35.2 Å². The molecule has 0 radical (unpaired) electrons. The van der Waals surface area contributed by atoms with Gasteiger partial charge >= 0.3 is 5.97 Å². The smallest absolute Gasteiger partial charge is 0.339 e. The van der Waals surface area contributed by atoms with Crippen LogP contribution in [0.4, 0.5) is 5.82 Å². The molecule has 0 saturated heterocycles. The third-order valence-electron chi connectivity index (χ3n) is 2.06. The fourth-order valence-corrected chi connectivity index (χ4v) is 1.56. The molecule has 0 aromatic carbocycles. The molecular weight excluding hydrogens is 276 g/mol. The molecule has 1 heterocycles. The molecule has 0 bridgehead atoms. The highest BCUT2D eigenvalue weighted by Gasteiger charge is 2.21. The second kappa shape index (κ2) is 6.01. The van der Waals surface area contributed by atoms with E-state index in [2.05, 4.69) is 4.98 Å². The Hall–Kier alpha value is -2.35. The van der Waals surface area contributed by atoms with Gasteiger partial charge in [0.25, 0.3) is 0 Å². The highest BCUT2D eigenvalue weighted by molar-refractivity contribution is 6.29. The Kier molecular flexibility index (Phi) is 4.65. The first-order chi connectivity index (χ1) is 8.81. The highest BCUT2D eigenvalue weighted by Crippen LogP contribution is 2.20. The fraction of sp³-hybridized carbons (Fsp3) is 0.200. The fourth-order valence-electron chi connectivity index (χ4n) is 1.42. The molecule has 0 saturated carbocycles. The summed E-state index contributed by atoms with van der Waals surface area (Å²) in [5, 5.41) is 9.04. The Bertz CT molecular complexity index is 518. The van der Waals surface area contributed by atoms with Crippen LogP contribution < -0.4 is 16.4 Å². The number of aromatic carboxylic acids is 1. The highest BCUT2D eigenvalue weighted by atomic mass is 35.5. The van der Waals surface area contributed by atoms with Crippen molar-refractivity contribution in [3.63, 3.8) is 0 Å². The van der Waals surface area contributed by atoms with Gasteiger partial charge in [-0.1, -0.05) is 11.6 Å². The van der Waals surface area contributed by atoms with Crippen molar-refractivity contribution < 1.29 is 19.5 Å². The number of hydrogen-bond donors (Lipinski definition) is 3. The molecule has 9 heteroatoms. The number of hydrogen-bond acceptors (Lipinski definition) is 5. The minimum absolute atomic E-state index is 0.0129. The van der Waals surface area contributed by atoms with Crippen molar-refractivity contribution in [1.29, 1.82) is 0 Å². The van der Waals surface area contributed by atoms with Gasteiger partial charge in [0, 0.05) is 0 Å². The van der Waals surface area contributed by atoms with Gasteiger partial charge in [0.15, 0.2) is 0 Å². The molecule has 2 amide bonds. The van der Waals surface area contributed by atoms with E-state index in [9.17, 15) is 14.4 Å². The van der Waals surface area contributed by atoms with Crippen molar-refractivity contribution in [1.82, 2.24) is 4.98 Å². The van der Waals surface area contributed by atoms with Crippen LogP contribution in [-0.4, -0.2) is 41.0 Å². The molecule has 1 aromatic heterocycles. The van der Waals surface area contributed by atoms with Crippen LogP contribution in [0.15, 0.2) is 12.1 Å². The van der Waals surface area contributed by atoms with Crippen molar-refractivity contribution in [3.05, 3.63) is 22.8 Å². The predicted octanol–water partition coefficient (Wildman–Crippen LogP) is -0.790. The van der Waals surface area contributed by atoms with Crippen molar-refractivity contribution in [2.75, 3.05) is 18.0 Å². The van der Waals surface area contributed by atoms with Gasteiger partial charge in [-0.05, 0) is 12.1 Å². The number of nitrogens with two attached hydrogens (primary N) is 2. The van der Waals surface area contributed by atoms with Crippen molar-refractivity contribution in [3.8, 4) is 0 Å². The van der Waals surface area contributed by atoms with E-state index in [0.717, 1.165) is 4.90 Å². The number of amides is 2. The number of carbonyl (C=O) groups is 3. The quantitative estimate of drug-likeness (QED) is 0.585. The summed E-state index contributed by atoms with van der Waals surface area (Å²) in [5.74, 6) is -2.95. The number of carbonyl (C=O) groups excluding carboxylic acids is 2. The Morgan fingerprint density at radius 1 is 1.21 bits per heavy atom. The monoisotopic (exact) mass is 286 g/mol. The van der Waals surface area contributed by atoms with E-state index in [0.29, 0.717) is 0 Å². The van der Waals surface area contributed by atoms with Crippen LogP contribution in [0.1, 0.15) is 10.4 Å². The number of carboxylic acids is 1. The molecule has 8 nitrogen and oxygen atoms in total. The Morgan fingerprint density at radius 2 is 1.74 bits per heavy atom. The second-order valence-electron chi connectivity index (χ2n) is 3.60. The van der Waals surface area contributed by atoms with Crippen LogP contribution in [0.5, 0.6) is 0 Å². The summed E-state index contributed by atoms with van der Waals surface area (Å²) in [6.45, 7) is -0.812. The number of aromatic nitrogens is 1. The Balaban J connectivity index is 3.26. The maximum atomic E-state index is 11.1. The zero-order valence-corrected chi connectivity index (χ0v) is 10.4. The maximum absolute atomic E-state index is 11.1. The van der Waals surface area contributed by atoms with E-state index in [1.165, 1.54) is 12.1 Å². The zero-order valence-electron chi connectivity index (χ0n) is 9.67. The van der Waals surface area contributed by atoms with Crippen LogP contribution >= 0.6 is 11.6 Å². The second-order valence-corrected chi connectivity index (χ2v) is 3.99. The molecule has 0 atom stereocenters. The van der Waals surface area contributed by atoms with Crippen LogP contribution in [0.3, 0.4) is 0 Å². The molecule has 1 rings (SSSR count). The molecule has 1 aromatic rings. The Morgan fingerprint density at radius 3 is 2.16 bits per heavy atom. The van der Waals surface area contributed by atoms with Gasteiger partial charge < -0.3 is 21.5 Å². The maximum Gasteiger partial charge on any atom is 0.339 e. The lowest BCUT2D eigenvalue weighted by Crippen LogP contribution is -2.41. The minimum Gasteiger partial charge on any atom is -0.478 e. The molecule has 5 N–H and O–H groups in total. The first kappa shape index (κ1) is 14.7. The van der Waals surface area contributed by atoms with Crippen molar-refractivity contribution in [2.24, 2.45) is 11.5 Å². The van der Waals surface area contributed by atoms with Gasteiger partial charge in [0.05, 0.1) is 13.1 Å². The molecule has 0 aliphatic rings. The lowest BCUT2D eigenvalue weighted by atomic mass is 10.2. The minimum atomic E-state index is -1.28. The summed E-state index contributed by atoms with van der Waals surface area (Å²) in [4.78, 5) is 37.8. The first-order valence-electron chi connectivity index (χ1n) is 5.02. The van der Waals surface area contributed by atoms with Gasteiger partial charge in [0.1, 0.15) is 16.5 Å². The van der Waals surface area contributed by atoms with E-state index < -0.39 is 30.9 Å². The lowest BCUT2D eigenvalue weighted by Gasteiger charge is -2.22. The van der Waals surface area contributed by atoms with Gasteiger partial charge in [-0.2, -0.15) is 0 Å². The molecule has 0 fully saturated rings. The average Bonchev–Trinajstić information content (AvgIpc) is 2.26. The number of carboxylic acid groups (broad SMARTS) is 1. The third kappa shape index (κ3) is 4.11. The largest absolute Gasteiger partial charge is 0.478 e. The van der Waals surface area contributed by atoms with E-state index >= 15 is 0 Å². The average molecular weight is 287 g/mol. The number of rotatable bonds is 6. The summed E-state index contributed by atoms with van der Waals surface area (Å²) < 4.78 is 0. The summed E-state index contributed by atoms with van der Waals surface area (Å²) in [6, 6.07) is 2.49. The SMILES string of the molecule is NC(=O)CN(CC(N)=O)c1nc(Cl)ccc1C(=O)O. The number of nitrogens with zero attached hydrogens (tertiary/aromatic N) is 2. The molecular formula is C10H11ClN4O4. The summed E-state index contributed by atoms with van der Waals surface area (Å²) >= 11 is 5.68. The molecule has 0 aliphatic carbocycles. The molecule has 19 heavy (non-hydrogen) atoms. The lowest BCUT2D eigenvalue weighted by molar-refractivity contribution is -0.117.